The Hall–Kier alpha value is -1.95. The molecule has 0 radical (unpaired) electrons. The first-order valence-corrected chi connectivity index (χ1v) is 8.03. The molecule has 1 saturated heterocycles. The third-order valence-electron chi connectivity index (χ3n) is 3.77. The molecule has 1 aliphatic heterocycles. The molecule has 6 heteroatoms. The summed E-state index contributed by atoms with van der Waals surface area (Å²) in [4.78, 5) is 11.9. The molecule has 0 saturated carbocycles. The minimum absolute atomic E-state index is 0.122. The molecule has 0 bridgehead atoms. The van der Waals surface area contributed by atoms with E-state index in [0.717, 1.165) is 24.3 Å². The molecule has 1 heterocycles. The van der Waals surface area contributed by atoms with Crippen molar-refractivity contribution in [3.05, 3.63) is 24.3 Å². The normalized spacial score (nSPS) is 22.0. The molecule has 1 aliphatic rings. The number of methoxy groups -OCH3 is 1. The molecular formula is C17H26N2O4. The lowest BCUT2D eigenvalue weighted by molar-refractivity contribution is 0.0153. The number of carbonyl (C=O) groups is 1. The van der Waals surface area contributed by atoms with Gasteiger partial charge in [0.15, 0.2) is 0 Å². The highest BCUT2D eigenvalue weighted by atomic mass is 16.5. The van der Waals surface area contributed by atoms with Crippen LogP contribution in [0.15, 0.2) is 24.3 Å². The Balaban J connectivity index is 1.68. The molecule has 128 valence electrons. The molecule has 0 aromatic heterocycles. The smallest absolute Gasteiger partial charge is 0.315 e. The van der Waals surface area contributed by atoms with Crippen LogP contribution in [-0.4, -0.2) is 44.5 Å². The van der Waals surface area contributed by atoms with Crippen LogP contribution in [0.5, 0.6) is 11.5 Å². The maximum absolute atomic E-state index is 11.9. The molecule has 1 aromatic rings. The van der Waals surface area contributed by atoms with Gasteiger partial charge in [0.05, 0.1) is 19.8 Å². The number of ether oxygens (including phenoxy) is 3. The summed E-state index contributed by atoms with van der Waals surface area (Å²) >= 11 is 0. The lowest BCUT2D eigenvalue weighted by atomic mass is 10.0. The summed E-state index contributed by atoms with van der Waals surface area (Å²) in [5.41, 5.74) is 0. The van der Waals surface area contributed by atoms with Crippen molar-refractivity contribution in [2.24, 2.45) is 0 Å². The van der Waals surface area contributed by atoms with E-state index in [0.29, 0.717) is 13.2 Å². The predicted octanol–water partition coefficient (Wildman–Crippen LogP) is 2.33. The van der Waals surface area contributed by atoms with Crippen LogP contribution >= 0.6 is 0 Å². The summed E-state index contributed by atoms with van der Waals surface area (Å²) in [5, 5.41) is 5.83. The van der Waals surface area contributed by atoms with Crippen LogP contribution in [0.2, 0.25) is 0 Å². The summed E-state index contributed by atoms with van der Waals surface area (Å²) in [5.74, 6) is 1.53. The largest absolute Gasteiger partial charge is 0.497 e. The molecule has 0 unspecified atom stereocenters. The van der Waals surface area contributed by atoms with E-state index in [2.05, 4.69) is 10.6 Å². The topological polar surface area (TPSA) is 68.8 Å². The van der Waals surface area contributed by atoms with Gasteiger partial charge in [-0.05, 0) is 51.0 Å². The van der Waals surface area contributed by atoms with E-state index in [1.54, 1.807) is 7.11 Å². The van der Waals surface area contributed by atoms with Crippen LogP contribution in [-0.2, 0) is 4.74 Å². The SMILES string of the molecule is COc1ccc(O[C@H](C)CNC(=O)N[C@@H]2CCO[C@H](C)C2)cc1. The molecule has 2 amide bonds. The molecule has 2 N–H and O–H groups in total. The Bertz CT molecular complexity index is 492. The number of rotatable bonds is 6. The van der Waals surface area contributed by atoms with Crippen molar-refractivity contribution in [3.63, 3.8) is 0 Å². The van der Waals surface area contributed by atoms with Crippen LogP contribution in [0.3, 0.4) is 0 Å². The van der Waals surface area contributed by atoms with Crippen molar-refractivity contribution in [1.29, 1.82) is 0 Å². The van der Waals surface area contributed by atoms with Gasteiger partial charge in [-0.3, -0.25) is 0 Å². The number of urea groups is 1. The minimum Gasteiger partial charge on any atom is -0.497 e. The number of carbonyl (C=O) groups excluding carboxylic acids is 1. The molecule has 1 aromatic carbocycles. The van der Waals surface area contributed by atoms with Crippen LogP contribution in [0, 0.1) is 0 Å². The number of hydrogen-bond acceptors (Lipinski definition) is 4. The van der Waals surface area contributed by atoms with E-state index in [9.17, 15) is 4.79 Å². The summed E-state index contributed by atoms with van der Waals surface area (Å²) in [6.45, 7) is 5.08. The Morgan fingerprint density at radius 2 is 2.04 bits per heavy atom. The molecule has 0 spiro atoms. The zero-order chi connectivity index (χ0) is 16.7. The number of amides is 2. The highest BCUT2D eigenvalue weighted by Gasteiger charge is 2.20. The average molecular weight is 322 g/mol. The first-order valence-electron chi connectivity index (χ1n) is 8.03. The van der Waals surface area contributed by atoms with Gasteiger partial charge >= 0.3 is 6.03 Å². The van der Waals surface area contributed by atoms with Gasteiger partial charge in [-0.25, -0.2) is 4.79 Å². The molecule has 1 fully saturated rings. The standard InChI is InChI=1S/C17H26N2O4/c1-12-10-14(8-9-22-12)19-17(20)18-11-13(2)23-16-6-4-15(21-3)5-7-16/h4-7,12-14H,8-11H2,1-3H3,(H2,18,19,20)/t12-,13-,14-/m1/s1. The van der Waals surface area contributed by atoms with E-state index in [4.69, 9.17) is 14.2 Å². The summed E-state index contributed by atoms with van der Waals surface area (Å²) in [7, 11) is 1.63. The maximum atomic E-state index is 11.9. The predicted molar refractivity (Wildman–Crippen MR) is 88.1 cm³/mol. The van der Waals surface area contributed by atoms with Gasteiger partial charge < -0.3 is 24.8 Å². The van der Waals surface area contributed by atoms with Crippen LogP contribution in [0.25, 0.3) is 0 Å². The van der Waals surface area contributed by atoms with Gasteiger partial charge in [0.1, 0.15) is 17.6 Å². The summed E-state index contributed by atoms with van der Waals surface area (Å²) in [6.07, 6.45) is 1.79. The molecule has 0 aliphatic carbocycles. The highest BCUT2D eigenvalue weighted by Crippen LogP contribution is 2.18. The second kappa shape index (κ2) is 8.62. The quantitative estimate of drug-likeness (QED) is 0.843. The minimum atomic E-state index is -0.158. The van der Waals surface area contributed by atoms with E-state index in [1.165, 1.54) is 0 Å². The van der Waals surface area contributed by atoms with Gasteiger partial charge in [0, 0.05) is 12.6 Å². The molecule has 3 atom stereocenters. The first-order chi connectivity index (χ1) is 11.1. The van der Waals surface area contributed by atoms with Crippen molar-refractivity contribution in [2.75, 3.05) is 20.3 Å². The van der Waals surface area contributed by atoms with Gasteiger partial charge in [0.25, 0.3) is 0 Å². The highest BCUT2D eigenvalue weighted by molar-refractivity contribution is 5.74. The van der Waals surface area contributed by atoms with E-state index in [-0.39, 0.29) is 24.3 Å². The number of benzene rings is 1. The van der Waals surface area contributed by atoms with Gasteiger partial charge in [-0.2, -0.15) is 0 Å². The Kier molecular flexibility index (Phi) is 6.52. The Morgan fingerprint density at radius 3 is 2.70 bits per heavy atom. The molecule has 2 rings (SSSR count). The van der Waals surface area contributed by atoms with E-state index in [1.807, 2.05) is 38.1 Å². The van der Waals surface area contributed by atoms with Gasteiger partial charge in [-0.1, -0.05) is 0 Å². The molecule has 6 nitrogen and oxygen atoms in total. The zero-order valence-corrected chi connectivity index (χ0v) is 14.0. The van der Waals surface area contributed by atoms with Crippen LogP contribution in [0.4, 0.5) is 4.79 Å². The molecular weight excluding hydrogens is 296 g/mol. The fourth-order valence-electron chi connectivity index (χ4n) is 2.53. The van der Waals surface area contributed by atoms with Gasteiger partial charge in [0.2, 0.25) is 0 Å². The van der Waals surface area contributed by atoms with Crippen LogP contribution < -0.4 is 20.1 Å². The van der Waals surface area contributed by atoms with Crippen molar-refractivity contribution >= 4 is 6.03 Å². The third-order valence-corrected chi connectivity index (χ3v) is 3.77. The fourth-order valence-corrected chi connectivity index (χ4v) is 2.53. The van der Waals surface area contributed by atoms with Crippen molar-refractivity contribution < 1.29 is 19.0 Å². The van der Waals surface area contributed by atoms with Gasteiger partial charge in [-0.15, -0.1) is 0 Å². The van der Waals surface area contributed by atoms with E-state index < -0.39 is 0 Å². The maximum Gasteiger partial charge on any atom is 0.315 e. The lowest BCUT2D eigenvalue weighted by Crippen LogP contribution is -2.47. The Morgan fingerprint density at radius 1 is 1.35 bits per heavy atom. The zero-order valence-electron chi connectivity index (χ0n) is 14.0. The fraction of sp³-hybridized carbons (Fsp3) is 0.588. The van der Waals surface area contributed by atoms with Crippen molar-refractivity contribution in [2.45, 2.75) is 44.9 Å². The second-order valence-electron chi connectivity index (χ2n) is 5.86. The molecule has 23 heavy (non-hydrogen) atoms. The number of nitrogens with one attached hydrogen (secondary N) is 2. The summed E-state index contributed by atoms with van der Waals surface area (Å²) < 4.78 is 16.3. The van der Waals surface area contributed by atoms with Crippen molar-refractivity contribution in [3.8, 4) is 11.5 Å². The first kappa shape index (κ1) is 17.4. The van der Waals surface area contributed by atoms with Crippen LogP contribution in [0.1, 0.15) is 26.7 Å². The monoisotopic (exact) mass is 322 g/mol. The Labute approximate surface area is 137 Å². The second-order valence-corrected chi connectivity index (χ2v) is 5.86. The van der Waals surface area contributed by atoms with Crippen molar-refractivity contribution in [1.82, 2.24) is 10.6 Å². The lowest BCUT2D eigenvalue weighted by Gasteiger charge is -2.28. The van der Waals surface area contributed by atoms with E-state index >= 15 is 0 Å². The third kappa shape index (κ3) is 5.98. The number of hydrogen-bond donors (Lipinski definition) is 2. The summed E-state index contributed by atoms with van der Waals surface area (Å²) in [6, 6.07) is 7.39. The average Bonchev–Trinajstić information content (AvgIpc) is 2.54.